The standard InChI is InChI=1S/C17H15N3O5/c1-23-13-7-3-11(4-8-13)18-16(21)15-17(22)25-19-20(15)12-5-9-14(24-2)10-6-12/h3-10H,1-2H3,(H-,18,19,21,22). The molecule has 0 fully saturated rings. The van der Waals surface area contributed by atoms with Gasteiger partial charge in [-0.05, 0) is 46.4 Å². The number of aromatic nitrogens is 2. The molecule has 3 rings (SSSR count). The van der Waals surface area contributed by atoms with Gasteiger partial charge in [0.15, 0.2) is 0 Å². The van der Waals surface area contributed by atoms with E-state index in [2.05, 4.69) is 10.3 Å². The lowest BCUT2D eigenvalue weighted by Crippen LogP contribution is -2.44. The third kappa shape index (κ3) is 3.37. The second-order valence-corrected chi connectivity index (χ2v) is 4.98. The summed E-state index contributed by atoms with van der Waals surface area (Å²) in [5.41, 5.74) is -0.119. The molecule has 0 saturated carbocycles. The molecule has 0 aliphatic carbocycles. The number of aromatic amines is 1. The molecule has 3 aromatic rings. The van der Waals surface area contributed by atoms with E-state index >= 15 is 0 Å². The van der Waals surface area contributed by atoms with E-state index in [1.54, 1.807) is 62.8 Å². The summed E-state index contributed by atoms with van der Waals surface area (Å²) in [6.45, 7) is 0. The average molecular weight is 341 g/mol. The van der Waals surface area contributed by atoms with Crippen LogP contribution in [0.4, 0.5) is 5.69 Å². The zero-order valence-corrected chi connectivity index (χ0v) is 13.6. The van der Waals surface area contributed by atoms with E-state index in [1.165, 1.54) is 4.68 Å². The van der Waals surface area contributed by atoms with Gasteiger partial charge in [-0.2, -0.15) is 0 Å². The van der Waals surface area contributed by atoms with Gasteiger partial charge in [-0.15, -0.1) is 0 Å². The number of rotatable bonds is 5. The van der Waals surface area contributed by atoms with Crippen molar-refractivity contribution in [1.82, 2.24) is 5.27 Å². The van der Waals surface area contributed by atoms with Crippen LogP contribution < -0.4 is 24.9 Å². The molecule has 0 saturated heterocycles. The highest BCUT2D eigenvalue weighted by atomic mass is 16.5. The zero-order chi connectivity index (χ0) is 17.8. The molecule has 2 aromatic carbocycles. The monoisotopic (exact) mass is 341 g/mol. The highest BCUT2D eigenvalue weighted by Gasteiger charge is 2.23. The summed E-state index contributed by atoms with van der Waals surface area (Å²) in [6, 6.07) is 13.3. The first kappa shape index (κ1) is 16.3. The molecular weight excluding hydrogens is 326 g/mol. The molecule has 1 N–H and O–H groups in total. The van der Waals surface area contributed by atoms with Gasteiger partial charge >= 0.3 is 11.3 Å². The minimum absolute atomic E-state index is 0.235. The second kappa shape index (κ2) is 6.91. The molecule has 0 unspecified atom stereocenters. The quantitative estimate of drug-likeness (QED) is 0.418. The highest BCUT2D eigenvalue weighted by Crippen LogP contribution is 2.18. The molecule has 1 aromatic heterocycles. The highest BCUT2D eigenvalue weighted by molar-refractivity contribution is 5.88. The van der Waals surface area contributed by atoms with Crippen LogP contribution in [0.5, 0.6) is 11.5 Å². The van der Waals surface area contributed by atoms with Crippen LogP contribution in [0.1, 0.15) is 5.69 Å². The number of hydrogen-bond acceptors (Lipinski definition) is 6. The number of methoxy groups -OCH3 is 2. The van der Waals surface area contributed by atoms with Crippen molar-refractivity contribution in [3.05, 3.63) is 64.6 Å². The van der Waals surface area contributed by atoms with Gasteiger partial charge in [0.2, 0.25) is 5.69 Å². The fraction of sp³-hybridized carbons (Fsp3) is 0.118. The number of nitrogens with zero attached hydrogens (tertiary/aromatic N) is 2. The van der Waals surface area contributed by atoms with Crippen LogP contribution in [0.2, 0.25) is 0 Å². The van der Waals surface area contributed by atoms with E-state index in [0.29, 0.717) is 22.9 Å². The van der Waals surface area contributed by atoms with E-state index in [-0.39, 0.29) is 5.69 Å². The van der Waals surface area contributed by atoms with Gasteiger partial charge in [0.1, 0.15) is 11.5 Å². The first-order valence-electron chi connectivity index (χ1n) is 7.30. The number of nitrogens with one attached hydrogen (secondary N) is 1. The minimum atomic E-state index is -0.807. The predicted molar refractivity (Wildman–Crippen MR) is 86.6 cm³/mol. The van der Waals surface area contributed by atoms with Crippen molar-refractivity contribution < 1.29 is 23.8 Å². The topological polar surface area (TPSA) is 104 Å². The van der Waals surface area contributed by atoms with Gasteiger partial charge in [0, 0.05) is 12.1 Å². The van der Waals surface area contributed by atoms with Crippen LogP contribution in [0, 0.1) is 0 Å². The van der Waals surface area contributed by atoms with Gasteiger partial charge in [-0.3, -0.25) is 9.52 Å². The number of benzene rings is 2. The predicted octanol–water partition coefficient (Wildman–Crippen LogP) is 0.700. The van der Waals surface area contributed by atoms with Crippen LogP contribution in [-0.4, -0.2) is 25.4 Å². The van der Waals surface area contributed by atoms with Gasteiger partial charge in [-0.25, -0.2) is 4.79 Å². The molecule has 0 radical (unpaired) electrons. The van der Waals surface area contributed by atoms with E-state index in [0.717, 1.165) is 0 Å². The Kier molecular flexibility index (Phi) is 4.51. The molecule has 0 bridgehead atoms. The summed E-state index contributed by atoms with van der Waals surface area (Å²) < 4.78 is 16.1. The van der Waals surface area contributed by atoms with Crippen molar-refractivity contribution in [3.63, 3.8) is 0 Å². The Bertz CT molecular complexity index is 940. The number of aliphatic imine (C=N–C) groups is 1. The molecule has 0 amide bonds. The summed E-state index contributed by atoms with van der Waals surface area (Å²) in [5.74, 6) is 0.558. The number of H-pyrrole nitrogens is 1. The molecule has 0 aliphatic rings. The smallest absolute Gasteiger partial charge is 0.436 e. The SMILES string of the molecule is COc1ccc(N=C([O-])c2c(=O)o[nH][n+]2-c2ccc(OC)cc2)cc1. The van der Waals surface area contributed by atoms with Crippen LogP contribution in [-0.2, 0) is 0 Å². The minimum Gasteiger partial charge on any atom is -0.854 e. The Morgan fingerprint density at radius 2 is 1.60 bits per heavy atom. The van der Waals surface area contributed by atoms with Crippen molar-refractivity contribution >= 4 is 11.6 Å². The molecule has 8 heteroatoms. The van der Waals surface area contributed by atoms with Gasteiger partial charge in [-0.1, -0.05) is 0 Å². The molecular formula is C17H15N3O5. The molecule has 8 nitrogen and oxygen atoms in total. The molecule has 25 heavy (non-hydrogen) atoms. The van der Waals surface area contributed by atoms with Gasteiger partial charge in [0.05, 0.1) is 25.8 Å². The molecule has 0 aliphatic heterocycles. The lowest BCUT2D eigenvalue weighted by molar-refractivity contribution is -0.673. The van der Waals surface area contributed by atoms with E-state index < -0.39 is 11.5 Å². The second-order valence-electron chi connectivity index (χ2n) is 4.98. The van der Waals surface area contributed by atoms with E-state index in [4.69, 9.17) is 14.0 Å². The van der Waals surface area contributed by atoms with Crippen molar-refractivity contribution in [2.45, 2.75) is 0 Å². The maximum atomic E-state index is 12.4. The summed E-state index contributed by atoms with van der Waals surface area (Å²) >= 11 is 0. The fourth-order valence-electron chi connectivity index (χ4n) is 2.20. The Morgan fingerprint density at radius 1 is 1.04 bits per heavy atom. The maximum absolute atomic E-state index is 12.4. The third-order valence-electron chi connectivity index (χ3n) is 3.48. The van der Waals surface area contributed by atoms with E-state index in [9.17, 15) is 9.90 Å². The Balaban J connectivity index is 1.99. The first-order chi connectivity index (χ1) is 12.1. The summed E-state index contributed by atoms with van der Waals surface area (Å²) in [6.07, 6.45) is 0. The van der Waals surface area contributed by atoms with Crippen molar-refractivity contribution in [2.24, 2.45) is 4.99 Å². The maximum Gasteiger partial charge on any atom is 0.436 e. The largest absolute Gasteiger partial charge is 0.854 e. The summed E-state index contributed by atoms with van der Waals surface area (Å²) in [7, 11) is 3.09. The third-order valence-corrected chi connectivity index (χ3v) is 3.48. The molecule has 0 atom stereocenters. The average Bonchev–Trinajstić information content (AvgIpc) is 3.04. The van der Waals surface area contributed by atoms with Gasteiger partial charge < -0.3 is 14.6 Å². The molecule has 1 heterocycles. The lowest BCUT2D eigenvalue weighted by Gasteiger charge is -2.05. The van der Waals surface area contributed by atoms with E-state index in [1.807, 2.05) is 0 Å². The Labute approximate surface area is 142 Å². The van der Waals surface area contributed by atoms with Gasteiger partial charge in [0.25, 0.3) is 0 Å². The Hall–Kier alpha value is -3.55. The Morgan fingerprint density at radius 3 is 2.16 bits per heavy atom. The van der Waals surface area contributed by atoms with Crippen LogP contribution in [0.3, 0.4) is 0 Å². The van der Waals surface area contributed by atoms with Crippen LogP contribution in [0.25, 0.3) is 5.69 Å². The zero-order valence-electron chi connectivity index (χ0n) is 13.6. The normalized spacial score (nSPS) is 11.4. The van der Waals surface area contributed by atoms with Crippen molar-refractivity contribution in [3.8, 4) is 17.2 Å². The summed E-state index contributed by atoms with van der Waals surface area (Å²) in [5, 5.41) is 14.8. The van der Waals surface area contributed by atoms with Crippen LogP contribution >= 0.6 is 0 Å². The van der Waals surface area contributed by atoms with Crippen molar-refractivity contribution in [2.75, 3.05) is 14.2 Å². The molecule has 0 spiro atoms. The number of hydrogen-bond donors (Lipinski definition) is 1. The van der Waals surface area contributed by atoms with Crippen LogP contribution in [0.15, 0.2) is 62.8 Å². The fourth-order valence-corrected chi connectivity index (χ4v) is 2.20. The lowest BCUT2D eigenvalue weighted by atomic mass is 10.3. The summed E-state index contributed by atoms with van der Waals surface area (Å²) in [4.78, 5) is 15.9. The van der Waals surface area contributed by atoms with Crippen molar-refractivity contribution in [1.29, 1.82) is 0 Å². The molecule has 128 valence electrons. The number of ether oxygens (including phenoxy) is 2. The first-order valence-corrected chi connectivity index (χ1v) is 7.30.